The number of phenolic OH excluding ortho intramolecular Hbond substituents is 1. The van der Waals surface area contributed by atoms with Crippen LogP contribution in [-0.2, 0) is 4.79 Å². The van der Waals surface area contributed by atoms with Gasteiger partial charge in [0.1, 0.15) is 11.8 Å². The van der Waals surface area contributed by atoms with Gasteiger partial charge in [0.25, 0.3) is 0 Å². The van der Waals surface area contributed by atoms with Crippen molar-refractivity contribution in [2.45, 2.75) is 32.7 Å². The molecule has 8 heteroatoms. The molecule has 33 heavy (non-hydrogen) atoms. The standard InChI is InChI=1S/C25H26N4O4/c1-25(2)12-17-20(18(31)13-25)21(16-9-6-10-19(32-3)22(16)33-4)29-24(26-17)27-23(28-29)14-7-5-8-15(30)11-14/h5-11,21,30H,12-13H2,1-4H3,(H,26,27,28). The van der Waals surface area contributed by atoms with Gasteiger partial charge in [-0.15, -0.1) is 5.10 Å². The Kier molecular flexibility index (Phi) is 4.88. The topological polar surface area (TPSA) is 98.5 Å². The molecule has 2 aromatic carbocycles. The Labute approximate surface area is 191 Å². The van der Waals surface area contributed by atoms with Gasteiger partial charge in [0.15, 0.2) is 23.1 Å². The fourth-order valence-corrected chi connectivity index (χ4v) is 4.79. The maximum atomic E-state index is 13.4. The van der Waals surface area contributed by atoms with E-state index in [1.807, 2.05) is 24.3 Å². The summed E-state index contributed by atoms with van der Waals surface area (Å²) in [6, 6.07) is 11.9. The number of anilines is 1. The first kappa shape index (κ1) is 21.1. The lowest BCUT2D eigenvalue weighted by molar-refractivity contribution is -0.118. The molecule has 0 saturated carbocycles. The van der Waals surface area contributed by atoms with Crippen molar-refractivity contribution in [2.75, 3.05) is 19.5 Å². The monoisotopic (exact) mass is 446 g/mol. The summed E-state index contributed by atoms with van der Waals surface area (Å²) < 4.78 is 13.0. The lowest BCUT2D eigenvalue weighted by Gasteiger charge is -2.38. The Morgan fingerprint density at radius 1 is 1.12 bits per heavy atom. The van der Waals surface area contributed by atoms with E-state index in [9.17, 15) is 9.90 Å². The summed E-state index contributed by atoms with van der Waals surface area (Å²) in [5.74, 6) is 2.32. The van der Waals surface area contributed by atoms with Crippen LogP contribution in [0.4, 0.5) is 5.95 Å². The average Bonchev–Trinajstić information content (AvgIpc) is 3.20. The largest absolute Gasteiger partial charge is 0.508 e. The van der Waals surface area contributed by atoms with Crippen molar-refractivity contribution >= 4 is 11.7 Å². The second-order valence-corrected chi connectivity index (χ2v) is 9.20. The quantitative estimate of drug-likeness (QED) is 0.616. The Bertz CT molecular complexity index is 1290. The van der Waals surface area contributed by atoms with Crippen LogP contribution in [-0.4, -0.2) is 39.9 Å². The van der Waals surface area contributed by atoms with Crippen molar-refractivity contribution in [2.24, 2.45) is 5.41 Å². The summed E-state index contributed by atoms with van der Waals surface area (Å²) in [6.07, 6.45) is 1.16. The minimum absolute atomic E-state index is 0.0729. The van der Waals surface area contributed by atoms with E-state index < -0.39 is 6.04 Å². The SMILES string of the molecule is COc1cccc(C2C3=C(CC(C)(C)CC3=O)Nc3nc(-c4cccc(O)c4)nn32)c1OC. The minimum atomic E-state index is -0.525. The highest BCUT2D eigenvalue weighted by molar-refractivity contribution is 6.00. The molecule has 0 amide bonds. The molecular weight excluding hydrogens is 420 g/mol. The maximum Gasteiger partial charge on any atom is 0.226 e. The molecule has 1 aliphatic heterocycles. The molecule has 2 aliphatic rings. The summed E-state index contributed by atoms with van der Waals surface area (Å²) in [5.41, 5.74) is 2.81. The molecule has 8 nitrogen and oxygen atoms in total. The smallest absolute Gasteiger partial charge is 0.226 e. The van der Waals surface area contributed by atoms with Gasteiger partial charge in [-0.2, -0.15) is 4.98 Å². The van der Waals surface area contributed by atoms with E-state index >= 15 is 0 Å². The number of aromatic hydroxyl groups is 1. The lowest BCUT2D eigenvalue weighted by atomic mass is 9.73. The van der Waals surface area contributed by atoms with E-state index in [4.69, 9.17) is 19.6 Å². The lowest BCUT2D eigenvalue weighted by Crippen LogP contribution is -2.36. The number of benzene rings is 2. The summed E-state index contributed by atoms with van der Waals surface area (Å²) in [7, 11) is 3.17. The van der Waals surface area contributed by atoms with E-state index in [0.29, 0.717) is 47.2 Å². The minimum Gasteiger partial charge on any atom is -0.508 e. The van der Waals surface area contributed by atoms with E-state index in [2.05, 4.69) is 19.2 Å². The van der Waals surface area contributed by atoms with Crippen LogP contribution in [0.1, 0.15) is 38.3 Å². The first-order chi connectivity index (χ1) is 15.8. The molecule has 2 heterocycles. The van der Waals surface area contributed by atoms with Crippen molar-refractivity contribution in [3.8, 4) is 28.6 Å². The summed E-state index contributed by atoms with van der Waals surface area (Å²) in [6.45, 7) is 4.18. The number of aromatic nitrogens is 3. The molecule has 170 valence electrons. The molecule has 0 radical (unpaired) electrons. The van der Waals surface area contributed by atoms with Crippen molar-refractivity contribution in [1.29, 1.82) is 0 Å². The molecule has 1 atom stereocenters. The molecule has 0 spiro atoms. The number of allylic oxidation sites excluding steroid dienone is 2. The highest BCUT2D eigenvalue weighted by atomic mass is 16.5. The Balaban J connectivity index is 1.74. The fraction of sp³-hybridized carbons (Fsp3) is 0.320. The number of rotatable bonds is 4. The van der Waals surface area contributed by atoms with E-state index in [-0.39, 0.29) is 16.9 Å². The number of methoxy groups -OCH3 is 2. The van der Waals surface area contributed by atoms with Crippen LogP contribution in [0.3, 0.4) is 0 Å². The van der Waals surface area contributed by atoms with E-state index in [1.54, 1.807) is 37.1 Å². The zero-order valence-electron chi connectivity index (χ0n) is 19.0. The summed E-state index contributed by atoms with van der Waals surface area (Å²) in [4.78, 5) is 18.2. The number of ether oxygens (including phenoxy) is 2. The number of hydrogen-bond donors (Lipinski definition) is 2. The zero-order chi connectivity index (χ0) is 23.3. The summed E-state index contributed by atoms with van der Waals surface area (Å²) in [5, 5.41) is 18.1. The van der Waals surface area contributed by atoms with Gasteiger partial charge >= 0.3 is 0 Å². The van der Waals surface area contributed by atoms with Gasteiger partial charge in [-0.25, -0.2) is 4.68 Å². The molecule has 2 N–H and O–H groups in total. The van der Waals surface area contributed by atoms with Crippen LogP contribution in [0.15, 0.2) is 53.7 Å². The van der Waals surface area contributed by atoms with Crippen molar-refractivity contribution in [3.63, 3.8) is 0 Å². The Morgan fingerprint density at radius 2 is 1.91 bits per heavy atom. The number of para-hydroxylation sites is 1. The van der Waals surface area contributed by atoms with Gasteiger partial charge in [-0.05, 0) is 30.0 Å². The van der Waals surface area contributed by atoms with Gasteiger partial charge in [0.05, 0.1) is 14.2 Å². The molecule has 0 bridgehead atoms. The molecule has 0 fully saturated rings. The third-order valence-electron chi connectivity index (χ3n) is 6.16. The van der Waals surface area contributed by atoms with Gasteiger partial charge in [-0.3, -0.25) is 4.79 Å². The van der Waals surface area contributed by atoms with Crippen LogP contribution in [0.5, 0.6) is 17.2 Å². The molecule has 1 aliphatic carbocycles. The maximum absolute atomic E-state index is 13.4. The third-order valence-corrected chi connectivity index (χ3v) is 6.16. The first-order valence-corrected chi connectivity index (χ1v) is 10.8. The Morgan fingerprint density at radius 3 is 2.64 bits per heavy atom. The predicted octanol–water partition coefficient (Wildman–Crippen LogP) is 4.33. The van der Waals surface area contributed by atoms with Gasteiger partial charge in [0.2, 0.25) is 5.95 Å². The van der Waals surface area contributed by atoms with Crippen molar-refractivity contribution < 1.29 is 19.4 Å². The summed E-state index contributed by atoms with van der Waals surface area (Å²) >= 11 is 0. The number of nitrogens with one attached hydrogen (secondary N) is 1. The number of Topliss-reactive ketones (excluding diaryl/α,β-unsaturated/α-hetero) is 1. The van der Waals surface area contributed by atoms with Gasteiger partial charge in [0, 0.05) is 28.8 Å². The molecule has 0 saturated heterocycles. The number of nitrogens with zero attached hydrogens (tertiary/aromatic N) is 3. The van der Waals surface area contributed by atoms with E-state index in [0.717, 1.165) is 11.3 Å². The number of carbonyl (C=O) groups is 1. The normalized spacial score (nSPS) is 18.9. The molecule has 1 unspecified atom stereocenters. The second kappa shape index (κ2) is 7.65. The highest BCUT2D eigenvalue weighted by Crippen LogP contribution is 2.48. The molecule has 1 aromatic heterocycles. The van der Waals surface area contributed by atoms with Crippen LogP contribution in [0.25, 0.3) is 11.4 Å². The Hall–Kier alpha value is -3.81. The number of phenols is 1. The number of carbonyl (C=O) groups excluding carboxylic acids is 1. The van der Waals surface area contributed by atoms with Crippen LogP contribution < -0.4 is 14.8 Å². The zero-order valence-corrected chi connectivity index (χ0v) is 19.0. The van der Waals surface area contributed by atoms with Crippen LogP contribution >= 0.6 is 0 Å². The fourth-order valence-electron chi connectivity index (χ4n) is 4.79. The second-order valence-electron chi connectivity index (χ2n) is 9.20. The first-order valence-electron chi connectivity index (χ1n) is 10.8. The predicted molar refractivity (Wildman–Crippen MR) is 123 cm³/mol. The molecular formula is C25H26N4O4. The van der Waals surface area contributed by atoms with Gasteiger partial charge < -0.3 is 19.9 Å². The van der Waals surface area contributed by atoms with Crippen LogP contribution in [0, 0.1) is 5.41 Å². The van der Waals surface area contributed by atoms with E-state index in [1.165, 1.54) is 0 Å². The molecule has 5 rings (SSSR count). The van der Waals surface area contributed by atoms with Crippen LogP contribution in [0.2, 0.25) is 0 Å². The number of ketones is 1. The van der Waals surface area contributed by atoms with Crippen molar-refractivity contribution in [3.05, 3.63) is 59.3 Å². The third kappa shape index (κ3) is 3.51. The molecule has 3 aromatic rings. The number of hydrogen-bond acceptors (Lipinski definition) is 7. The number of fused-ring (bicyclic) bond motifs is 1. The van der Waals surface area contributed by atoms with Crippen molar-refractivity contribution in [1.82, 2.24) is 14.8 Å². The highest BCUT2D eigenvalue weighted by Gasteiger charge is 2.43. The van der Waals surface area contributed by atoms with Gasteiger partial charge in [-0.1, -0.05) is 38.1 Å². The average molecular weight is 447 g/mol.